The lowest BCUT2D eigenvalue weighted by Crippen LogP contribution is -2.49. The molecule has 3 rings (SSSR count). The van der Waals surface area contributed by atoms with E-state index >= 15 is 0 Å². The minimum absolute atomic E-state index is 0.0861. The van der Waals surface area contributed by atoms with E-state index in [2.05, 4.69) is 10.2 Å². The Morgan fingerprint density at radius 3 is 2.58 bits per heavy atom. The summed E-state index contributed by atoms with van der Waals surface area (Å²) < 4.78 is 23.1. The van der Waals surface area contributed by atoms with Crippen LogP contribution in [0, 0.1) is 5.82 Å². The normalized spacial score (nSPS) is 22.2. The lowest BCUT2D eigenvalue weighted by Gasteiger charge is -2.34. The molecule has 1 aromatic carbocycles. The molecule has 2 heterocycles. The molecular weight excluding hydrogens is 315 g/mol. The first-order chi connectivity index (χ1) is 11.6. The van der Waals surface area contributed by atoms with E-state index in [4.69, 9.17) is 9.47 Å². The number of halogens is 1. The van der Waals surface area contributed by atoms with E-state index < -0.39 is 0 Å². The summed E-state index contributed by atoms with van der Waals surface area (Å²) in [5.41, 5.74) is 0. The number of cyclic esters (lactones) is 1. The molecule has 2 saturated heterocycles. The van der Waals surface area contributed by atoms with Crippen molar-refractivity contribution in [1.82, 2.24) is 10.2 Å². The molecular formula is C17H21FN2O4. The number of carbonyl (C=O) groups excluding carboxylic acids is 2. The predicted molar refractivity (Wildman–Crippen MR) is 84.0 cm³/mol. The first kappa shape index (κ1) is 16.7. The number of benzene rings is 1. The third kappa shape index (κ3) is 4.23. The van der Waals surface area contributed by atoms with Gasteiger partial charge in [-0.3, -0.25) is 14.5 Å². The van der Waals surface area contributed by atoms with Gasteiger partial charge in [0.05, 0.1) is 6.61 Å². The van der Waals surface area contributed by atoms with Gasteiger partial charge in [0.25, 0.3) is 5.91 Å². The summed E-state index contributed by atoms with van der Waals surface area (Å²) in [4.78, 5) is 25.7. The fraction of sp³-hybridized carbons (Fsp3) is 0.529. The molecule has 1 aromatic rings. The second-order valence-electron chi connectivity index (χ2n) is 6.09. The number of amides is 1. The first-order valence-corrected chi connectivity index (χ1v) is 8.20. The predicted octanol–water partition coefficient (Wildman–Crippen LogP) is 1.10. The standard InChI is InChI=1S/C17H21FN2O4/c18-12-1-3-14(4-2-12)24-11-16(21)19-13-5-8-20(9-6-13)15-7-10-23-17(15)22/h1-4,13,15H,5-11H2,(H,19,21)/t15-/m1/s1. The van der Waals surface area contributed by atoms with Crippen molar-refractivity contribution in [3.63, 3.8) is 0 Å². The van der Waals surface area contributed by atoms with Crippen LogP contribution in [0.3, 0.4) is 0 Å². The molecule has 130 valence electrons. The Labute approximate surface area is 139 Å². The molecule has 24 heavy (non-hydrogen) atoms. The molecule has 0 saturated carbocycles. The van der Waals surface area contributed by atoms with Crippen LogP contribution in [-0.4, -0.2) is 55.2 Å². The van der Waals surface area contributed by atoms with Gasteiger partial charge in [-0.2, -0.15) is 0 Å². The van der Waals surface area contributed by atoms with Crippen molar-refractivity contribution in [2.24, 2.45) is 0 Å². The number of esters is 1. The second-order valence-corrected chi connectivity index (χ2v) is 6.09. The largest absolute Gasteiger partial charge is 0.484 e. The first-order valence-electron chi connectivity index (χ1n) is 8.20. The minimum atomic E-state index is -0.343. The average molecular weight is 336 g/mol. The molecule has 1 atom stereocenters. The number of rotatable bonds is 5. The Bertz CT molecular complexity index is 585. The van der Waals surface area contributed by atoms with Gasteiger partial charge in [-0.05, 0) is 37.1 Å². The lowest BCUT2D eigenvalue weighted by atomic mass is 10.0. The van der Waals surface area contributed by atoms with Crippen molar-refractivity contribution >= 4 is 11.9 Å². The number of hydrogen-bond acceptors (Lipinski definition) is 5. The Morgan fingerprint density at radius 1 is 1.25 bits per heavy atom. The van der Waals surface area contributed by atoms with Crippen molar-refractivity contribution in [3.05, 3.63) is 30.1 Å². The van der Waals surface area contributed by atoms with E-state index in [1.165, 1.54) is 24.3 Å². The molecule has 2 aliphatic heterocycles. The quantitative estimate of drug-likeness (QED) is 0.816. The average Bonchev–Trinajstić information content (AvgIpc) is 3.01. The van der Waals surface area contributed by atoms with Crippen molar-refractivity contribution in [3.8, 4) is 5.75 Å². The molecule has 2 aliphatic rings. The zero-order valence-corrected chi connectivity index (χ0v) is 13.4. The summed E-state index contributed by atoms with van der Waals surface area (Å²) in [7, 11) is 0. The van der Waals surface area contributed by atoms with E-state index in [0.29, 0.717) is 12.4 Å². The van der Waals surface area contributed by atoms with Crippen molar-refractivity contribution in [2.45, 2.75) is 31.3 Å². The molecule has 2 fully saturated rings. The van der Waals surface area contributed by atoms with Crippen molar-refractivity contribution in [2.75, 3.05) is 26.3 Å². The number of carbonyl (C=O) groups is 2. The highest BCUT2D eigenvalue weighted by molar-refractivity contribution is 5.78. The van der Waals surface area contributed by atoms with Crippen LogP contribution < -0.4 is 10.1 Å². The van der Waals surface area contributed by atoms with Crippen molar-refractivity contribution < 1.29 is 23.5 Å². The second kappa shape index (κ2) is 7.61. The topological polar surface area (TPSA) is 67.9 Å². The van der Waals surface area contributed by atoms with Gasteiger partial charge in [0, 0.05) is 25.6 Å². The molecule has 0 radical (unpaired) electrons. The van der Waals surface area contributed by atoms with E-state index in [9.17, 15) is 14.0 Å². The molecule has 6 nitrogen and oxygen atoms in total. The summed E-state index contributed by atoms with van der Waals surface area (Å²) in [6, 6.07) is 5.52. The van der Waals surface area contributed by atoms with Gasteiger partial charge in [0.15, 0.2) is 6.61 Å². The zero-order chi connectivity index (χ0) is 16.9. The Kier molecular flexibility index (Phi) is 5.30. The zero-order valence-electron chi connectivity index (χ0n) is 13.4. The molecule has 1 amide bonds. The van der Waals surface area contributed by atoms with Crippen LogP contribution >= 0.6 is 0 Å². The van der Waals surface area contributed by atoms with Crippen LogP contribution in [0.4, 0.5) is 4.39 Å². The van der Waals surface area contributed by atoms with Crippen LogP contribution in [0.25, 0.3) is 0 Å². The summed E-state index contributed by atoms with van der Waals surface area (Å²) in [5.74, 6) is -0.214. The summed E-state index contributed by atoms with van der Waals surface area (Å²) in [6.45, 7) is 1.94. The number of likely N-dealkylation sites (tertiary alicyclic amines) is 1. The molecule has 0 bridgehead atoms. The van der Waals surface area contributed by atoms with E-state index in [-0.39, 0.29) is 36.4 Å². The Balaban J connectivity index is 1.38. The maximum Gasteiger partial charge on any atom is 0.323 e. The van der Waals surface area contributed by atoms with Crippen LogP contribution in [0.15, 0.2) is 24.3 Å². The number of nitrogens with zero attached hydrogens (tertiary/aromatic N) is 1. The van der Waals surface area contributed by atoms with Gasteiger partial charge in [0.2, 0.25) is 0 Å². The maximum absolute atomic E-state index is 12.8. The molecule has 0 unspecified atom stereocenters. The summed E-state index contributed by atoms with van der Waals surface area (Å²) >= 11 is 0. The van der Waals surface area contributed by atoms with E-state index in [1.54, 1.807) is 0 Å². The molecule has 0 aliphatic carbocycles. The highest BCUT2D eigenvalue weighted by Crippen LogP contribution is 2.19. The van der Waals surface area contributed by atoms with Gasteiger partial charge in [-0.25, -0.2) is 4.39 Å². The van der Waals surface area contributed by atoms with Gasteiger partial charge in [0.1, 0.15) is 17.6 Å². The SMILES string of the molecule is O=C(COc1ccc(F)cc1)NC1CCN([C@@H]2CCOC2=O)CC1. The minimum Gasteiger partial charge on any atom is -0.484 e. The van der Waals surface area contributed by atoms with Crippen LogP contribution in [-0.2, 0) is 14.3 Å². The molecule has 0 aromatic heterocycles. The highest BCUT2D eigenvalue weighted by atomic mass is 19.1. The van der Waals surface area contributed by atoms with E-state index in [1.807, 2.05) is 0 Å². The van der Waals surface area contributed by atoms with Crippen molar-refractivity contribution in [1.29, 1.82) is 0 Å². The molecule has 1 N–H and O–H groups in total. The molecule has 7 heteroatoms. The Hall–Kier alpha value is -2.15. The maximum atomic E-state index is 12.8. The third-order valence-electron chi connectivity index (χ3n) is 4.43. The van der Waals surface area contributed by atoms with Gasteiger partial charge < -0.3 is 14.8 Å². The monoisotopic (exact) mass is 336 g/mol. The van der Waals surface area contributed by atoms with Gasteiger partial charge >= 0.3 is 5.97 Å². The number of ether oxygens (including phenoxy) is 2. The third-order valence-corrected chi connectivity index (χ3v) is 4.43. The van der Waals surface area contributed by atoms with Gasteiger partial charge in [-0.15, -0.1) is 0 Å². The Morgan fingerprint density at radius 2 is 1.96 bits per heavy atom. The van der Waals surface area contributed by atoms with Crippen LogP contribution in [0.5, 0.6) is 5.75 Å². The van der Waals surface area contributed by atoms with Crippen LogP contribution in [0.1, 0.15) is 19.3 Å². The number of nitrogens with one attached hydrogen (secondary N) is 1. The smallest absolute Gasteiger partial charge is 0.323 e. The lowest BCUT2D eigenvalue weighted by molar-refractivity contribution is -0.142. The fourth-order valence-corrected chi connectivity index (χ4v) is 3.12. The number of hydrogen-bond donors (Lipinski definition) is 1. The van der Waals surface area contributed by atoms with E-state index in [0.717, 1.165) is 32.4 Å². The fourth-order valence-electron chi connectivity index (χ4n) is 3.12. The van der Waals surface area contributed by atoms with Crippen LogP contribution in [0.2, 0.25) is 0 Å². The summed E-state index contributed by atoms with van der Waals surface area (Å²) in [5, 5.41) is 2.94. The summed E-state index contributed by atoms with van der Waals surface area (Å²) in [6.07, 6.45) is 2.35. The molecule has 0 spiro atoms. The number of piperidine rings is 1. The van der Waals surface area contributed by atoms with Gasteiger partial charge in [-0.1, -0.05) is 0 Å². The highest BCUT2D eigenvalue weighted by Gasteiger charge is 2.34.